The highest BCUT2D eigenvalue weighted by Gasteiger charge is 2.16. The van der Waals surface area contributed by atoms with Gasteiger partial charge in [0.25, 0.3) is 5.89 Å². The lowest BCUT2D eigenvalue weighted by atomic mass is 10.1. The number of hydrogen-bond donors (Lipinski definition) is 1. The Morgan fingerprint density at radius 3 is 2.67 bits per heavy atom. The Kier molecular flexibility index (Phi) is 4.14. The molecule has 3 rings (SSSR count). The van der Waals surface area contributed by atoms with Crippen LogP contribution >= 0.6 is 27.3 Å². The van der Waals surface area contributed by atoms with Gasteiger partial charge in [0.05, 0.1) is 5.69 Å². The maximum Gasteiger partial charge on any atom is 0.269 e. The molecule has 0 fully saturated rings. The smallest absolute Gasteiger partial charge is 0.269 e. The van der Waals surface area contributed by atoms with E-state index in [0.29, 0.717) is 24.7 Å². The molecule has 0 aliphatic rings. The van der Waals surface area contributed by atoms with E-state index < -0.39 is 0 Å². The minimum Gasteiger partial charge on any atom is -0.333 e. The zero-order chi connectivity index (χ0) is 14.8. The lowest BCUT2D eigenvalue weighted by molar-refractivity contribution is 0.424. The Balaban J connectivity index is 1.82. The van der Waals surface area contributed by atoms with Crippen molar-refractivity contribution < 1.29 is 4.52 Å². The molecule has 0 spiro atoms. The van der Waals surface area contributed by atoms with Crippen LogP contribution in [0.5, 0.6) is 0 Å². The average molecular weight is 365 g/mol. The van der Waals surface area contributed by atoms with Gasteiger partial charge in [-0.15, -0.1) is 11.3 Å². The molecule has 0 atom stereocenters. The molecular weight excluding hydrogens is 352 g/mol. The summed E-state index contributed by atoms with van der Waals surface area (Å²) >= 11 is 4.91. The first-order valence-corrected chi connectivity index (χ1v) is 8.00. The van der Waals surface area contributed by atoms with Gasteiger partial charge in [0.15, 0.2) is 5.82 Å². The molecule has 0 saturated carbocycles. The zero-order valence-corrected chi connectivity index (χ0v) is 13.7. The molecule has 0 unspecified atom stereocenters. The fourth-order valence-electron chi connectivity index (χ4n) is 1.94. The van der Waals surface area contributed by atoms with Crippen LogP contribution in [-0.2, 0) is 13.0 Å². The maximum absolute atomic E-state index is 5.61. The number of nitrogens with two attached hydrogens (primary N) is 1. The fourth-order valence-corrected chi connectivity index (χ4v) is 3.07. The highest BCUT2D eigenvalue weighted by molar-refractivity contribution is 9.10. The van der Waals surface area contributed by atoms with Crippen LogP contribution in [0.3, 0.4) is 0 Å². The van der Waals surface area contributed by atoms with Crippen LogP contribution in [0.4, 0.5) is 0 Å². The number of thiazole rings is 1. The second-order valence-corrected chi connectivity index (χ2v) is 6.54. The zero-order valence-electron chi connectivity index (χ0n) is 11.3. The van der Waals surface area contributed by atoms with Crippen LogP contribution in [-0.4, -0.2) is 15.1 Å². The van der Waals surface area contributed by atoms with E-state index in [9.17, 15) is 0 Å². The van der Waals surface area contributed by atoms with Crippen molar-refractivity contribution in [2.75, 3.05) is 0 Å². The molecule has 0 amide bonds. The minimum atomic E-state index is 0.422. The third kappa shape index (κ3) is 3.20. The summed E-state index contributed by atoms with van der Waals surface area (Å²) in [5.74, 6) is 1.17. The molecule has 7 heteroatoms. The fraction of sp³-hybridized carbons (Fsp3) is 0.214. The number of halogens is 1. The van der Waals surface area contributed by atoms with Gasteiger partial charge in [-0.05, 0) is 24.6 Å². The van der Waals surface area contributed by atoms with Crippen molar-refractivity contribution in [3.63, 3.8) is 0 Å². The number of benzene rings is 1. The van der Waals surface area contributed by atoms with Crippen LogP contribution in [0.25, 0.3) is 10.8 Å². The topological polar surface area (TPSA) is 77.8 Å². The largest absolute Gasteiger partial charge is 0.333 e. The van der Waals surface area contributed by atoms with Crippen molar-refractivity contribution in [3.05, 3.63) is 50.8 Å². The van der Waals surface area contributed by atoms with E-state index in [1.54, 1.807) is 0 Å². The number of nitrogens with zero attached hydrogens (tertiary/aromatic N) is 3. The Labute approximate surface area is 134 Å². The van der Waals surface area contributed by atoms with E-state index >= 15 is 0 Å². The molecule has 21 heavy (non-hydrogen) atoms. The first-order valence-electron chi connectivity index (χ1n) is 6.39. The van der Waals surface area contributed by atoms with Crippen LogP contribution in [0.15, 0.2) is 33.3 Å². The summed E-state index contributed by atoms with van der Waals surface area (Å²) in [4.78, 5) is 9.71. The lowest BCUT2D eigenvalue weighted by Crippen LogP contribution is -1.94. The first kappa shape index (κ1) is 14.4. The van der Waals surface area contributed by atoms with Gasteiger partial charge in [0.2, 0.25) is 0 Å². The molecule has 2 heterocycles. The summed E-state index contributed by atoms with van der Waals surface area (Å²) in [6.45, 7) is 2.34. The Bertz CT molecular complexity index is 751. The minimum absolute atomic E-state index is 0.422. The Morgan fingerprint density at radius 2 is 2.00 bits per heavy atom. The van der Waals surface area contributed by atoms with Gasteiger partial charge in [0.1, 0.15) is 9.88 Å². The summed E-state index contributed by atoms with van der Waals surface area (Å²) in [7, 11) is 0. The Hall–Kier alpha value is -1.57. The SMILES string of the molecule is Cc1nc(CN)sc1-c1nc(Cc2ccc(Br)cc2)no1. The third-order valence-corrected chi connectivity index (χ3v) is 4.65. The molecule has 5 nitrogen and oxygen atoms in total. The highest BCUT2D eigenvalue weighted by Crippen LogP contribution is 2.28. The molecule has 0 saturated heterocycles. The predicted molar refractivity (Wildman–Crippen MR) is 85.0 cm³/mol. The van der Waals surface area contributed by atoms with Crippen LogP contribution in [0.1, 0.15) is 22.1 Å². The summed E-state index contributed by atoms with van der Waals surface area (Å²) in [5, 5.41) is 4.91. The van der Waals surface area contributed by atoms with E-state index in [0.717, 1.165) is 25.6 Å². The van der Waals surface area contributed by atoms with Crippen LogP contribution in [0, 0.1) is 6.92 Å². The number of rotatable bonds is 4. The molecule has 3 aromatic rings. The molecule has 108 valence electrons. The number of hydrogen-bond acceptors (Lipinski definition) is 6. The summed E-state index contributed by atoms with van der Waals surface area (Å²) in [5.41, 5.74) is 7.62. The van der Waals surface area contributed by atoms with E-state index in [2.05, 4.69) is 31.1 Å². The van der Waals surface area contributed by atoms with Gasteiger partial charge in [0, 0.05) is 17.4 Å². The predicted octanol–water partition coefficient (Wildman–Crippen LogP) is 3.31. The normalized spacial score (nSPS) is 11.0. The monoisotopic (exact) mass is 364 g/mol. The lowest BCUT2D eigenvalue weighted by Gasteiger charge is -1.96. The van der Waals surface area contributed by atoms with Crippen LogP contribution in [0.2, 0.25) is 0 Å². The second kappa shape index (κ2) is 6.05. The summed E-state index contributed by atoms with van der Waals surface area (Å²) in [6.07, 6.45) is 0.637. The van der Waals surface area contributed by atoms with Crippen molar-refractivity contribution >= 4 is 27.3 Å². The van der Waals surface area contributed by atoms with Crippen molar-refractivity contribution in [3.8, 4) is 10.8 Å². The summed E-state index contributed by atoms with van der Waals surface area (Å²) in [6, 6.07) is 8.06. The van der Waals surface area contributed by atoms with Crippen molar-refractivity contribution in [1.82, 2.24) is 15.1 Å². The average Bonchev–Trinajstić information content (AvgIpc) is 3.07. The van der Waals surface area contributed by atoms with Crippen molar-refractivity contribution in [2.45, 2.75) is 19.9 Å². The molecule has 2 aromatic heterocycles. The first-order chi connectivity index (χ1) is 10.2. The summed E-state index contributed by atoms with van der Waals surface area (Å²) < 4.78 is 6.40. The van der Waals surface area contributed by atoms with Crippen molar-refractivity contribution in [1.29, 1.82) is 0 Å². The highest BCUT2D eigenvalue weighted by atomic mass is 79.9. The molecule has 1 aromatic carbocycles. The van der Waals surface area contributed by atoms with Gasteiger partial charge in [-0.2, -0.15) is 4.98 Å². The molecule has 2 N–H and O–H groups in total. The molecule has 0 aliphatic heterocycles. The van der Waals surface area contributed by atoms with E-state index in [4.69, 9.17) is 10.3 Å². The molecule has 0 bridgehead atoms. The van der Waals surface area contributed by atoms with Crippen LogP contribution < -0.4 is 5.73 Å². The van der Waals surface area contributed by atoms with Gasteiger partial charge in [-0.25, -0.2) is 4.98 Å². The standard InChI is InChI=1S/C14H13BrN4OS/c1-8-13(21-12(7-16)17-8)14-18-11(19-20-14)6-9-2-4-10(15)5-3-9/h2-5H,6-7,16H2,1H3. The molecular formula is C14H13BrN4OS. The molecule has 0 aliphatic carbocycles. The third-order valence-electron chi connectivity index (χ3n) is 2.95. The van der Waals surface area contributed by atoms with Gasteiger partial charge >= 0.3 is 0 Å². The quantitative estimate of drug-likeness (QED) is 0.768. The van der Waals surface area contributed by atoms with Crippen molar-refractivity contribution in [2.24, 2.45) is 5.73 Å². The number of aromatic nitrogens is 3. The van der Waals surface area contributed by atoms with Gasteiger partial charge in [-0.3, -0.25) is 0 Å². The number of aryl methyl sites for hydroxylation is 1. The van der Waals surface area contributed by atoms with E-state index in [-0.39, 0.29) is 0 Å². The maximum atomic E-state index is 5.61. The van der Waals surface area contributed by atoms with Gasteiger partial charge in [-0.1, -0.05) is 33.2 Å². The van der Waals surface area contributed by atoms with E-state index in [1.165, 1.54) is 11.3 Å². The molecule has 0 radical (unpaired) electrons. The van der Waals surface area contributed by atoms with Gasteiger partial charge < -0.3 is 10.3 Å². The second-order valence-electron chi connectivity index (χ2n) is 4.55. The Morgan fingerprint density at radius 1 is 1.24 bits per heavy atom. The van der Waals surface area contributed by atoms with E-state index in [1.807, 2.05) is 31.2 Å².